The number of rotatable bonds is 3. The van der Waals surface area contributed by atoms with Gasteiger partial charge in [0.2, 0.25) is 5.91 Å². The number of hydrogen-bond donors (Lipinski definition) is 1. The van der Waals surface area contributed by atoms with Crippen molar-refractivity contribution in [3.8, 4) is 0 Å². The van der Waals surface area contributed by atoms with E-state index in [1.165, 1.54) is 15.5 Å². The van der Waals surface area contributed by atoms with Crippen LogP contribution in [-0.2, 0) is 9.59 Å². The Morgan fingerprint density at radius 1 is 0.885 bits per heavy atom. The third-order valence-electron chi connectivity index (χ3n) is 5.25. The van der Waals surface area contributed by atoms with Gasteiger partial charge in [0.1, 0.15) is 0 Å². The summed E-state index contributed by atoms with van der Waals surface area (Å²) in [7, 11) is 0. The van der Waals surface area contributed by atoms with E-state index >= 15 is 0 Å². The van der Waals surface area contributed by atoms with Gasteiger partial charge in [-0.1, -0.05) is 18.2 Å². The lowest BCUT2D eigenvalue weighted by atomic mass is 10.1. The molecule has 0 radical (unpaired) electrons. The van der Waals surface area contributed by atoms with Crippen molar-refractivity contribution >= 4 is 45.8 Å². The number of nitrogens with one attached hydrogen (secondary N) is 1. The van der Waals surface area contributed by atoms with Crippen LogP contribution in [-0.4, -0.2) is 44.0 Å². The van der Waals surface area contributed by atoms with E-state index < -0.39 is 0 Å². The molecule has 134 valence electrons. The molecular formula is C20H21IN3O2+. The van der Waals surface area contributed by atoms with Gasteiger partial charge in [-0.05, 0) is 59.0 Å². The number of benzene rings is 2. The minimum Gasteiger partial charge on any atom is -0.360 e. The van der Waals surface area contributed by atoms with E-state index in [0.29, 0.717) is 12.1 Å². The normalized spacial score (nSPS) is 21.5. The number of quaternary nitrogens is 1. The van der Waals surface area contributed by atoms with Crippen molar-refractivity contribution < 1.29 is 14.5 Å². The lowest BCUT2D eigenvalue weighted by Gasteiger charge is -2.35. The predicted molar refractivity (Wildman–Crippen MR) is 109 cm³/mol. The van der Waals surface area contributed by atoms with Crippen LogP contribution < -0.4 is 14.7 Å². The first kappa shape index (κ1) is 17.5. The van der Waals surface area contributed by atoms with Crippen molar-refractivity contribution in [3.05, 3.63) is 58.2 Å². The van der Waals surface area contributed by atoms with Crippen LogP contribution in [0, 0.1) is 3.57 Å². The number of nitrogens with zero attached hydrogens (tertiary/aromatic N) is 2. The van der Waals surface area contributed by atoms with Crippen molar-refractivity contribution in [2.75, 3.05) is 36.0 Å². The van der Waals surface area contributed by atoms with Crippen molar-refractivity contribution in [2.24, 2.45) is 0 Å². The van der Waals surface area contributed by atoms with Crippen molar-refractivity contribution in [3.63, 3.8) is 0 Å². The number of imide groups is 1. The van der Waals surface area contributed by atoms with Gasteiger partial charge in [-0.15, -0.1) is 0 Å². The molecule has 1 N–H and O–H groups in total. The predicted octanol–water partition coefficient (Wildman–Crippen LogP) is 1.33. The Labute approximate surface area is 166 Å². The first-order valence-corrected chi connectivity index (χ1v) is 9.98. The molecule has 0 aromatic heterocycles. The van der Waals surface area contributed by atoms with Gasteiger partial charge in [0, 0.05) is 9.26 Å². The molecule has 2 aromatic carbocycles. The second-order valence-electron chi connectivity index (χ2n) is 6.78. The monoisotopic (exact) mass is 462 g/mol. The summed E-state index contributed by atoms with van der Waals surface area (Å²) < 4.78 is 1.09. The standard InChI is InChI=1S/C20H20IN3O2/c21-15-6-8-17(9-7-15)24-19(25)14-18(20(24)26)23-12-10-22(11-13-23)16-4-2-1-3-5-16/h1-9,18H,10-14H2/p+1/t18-/m0/s1. The van der Waals surface area contributed by atoms with E-state index in [1.807, 2.05) is 42.5 Å². The highest BCUT2D eigenvalue weighted by molar-refractivity contribution is 14.1. The van der Waals surface area contributed by atoms with Gasteiger partial charge < -0.3 is 9.80 Å². The van der Waals surface area contributed by atoms with E-state index in [1.54, 1.807) is 0 Å². The average molecular weight is 462 g/mol. The number of carbonyl (C=O) groups is 2. The van der Waals surface area contributed by atoms with Crippen LogP contribution in [0.25, 0.3) is 0 Å². The Kier molecular flexibility index (Phi) is 4.95. The minimum absolute atomic E-state index is 0.0561. The van der Waals surface area contributed by atoms with Gasteiger partial charge in [-0.25, -0.2) is 4.90 Å². The Hall–Kier alpha value is -1.93. The maximum absolute atomic E-state index is 12.9. The zero-order valence-corrected chi connectivity index (χ0v) is 16.6. The van der Waals surface area contributed by atoms with Gasteiger partial charge in [0.25, 0.3) is 5.91 Å². The lowest BCUT2D eigenvalue weighted by Crippen LogP contribution is -3.19. The molecular weight excluding hydrogens is 441 g/mol. The SMILES string of the molecule is O=C1C[C@H]([NH+]2CCN(c3ccccc3)CC2)C(=O)N1c1ccc(I)cc1. The number of anilines is 2. The zero-order valence-electron chi connectivity index (χ0n) is 14.4. The molecule has 0 bridgehead atoms. The molecule has 5 nitrogen and oxygen atoms in total. The average Bonchev–Trinajstić information content (AvgIpc) is 2.98. The number of piperazine rings is 1. The molecule has 2 aliphatic heterocycles. The highest BCUT2D eigenvalue weighted by Gasteiger charge is 2.46. The van der Waals surface area contributed by atoms with Crippen LogP contribution in [0.5, 0.6) is 0 Å². The van der Waals surface area contributed by atoms with E-state index in [-0.39, 0.29) is 17.9 Å². The van der Waals surface area contributed by atoms with E-state index in [9.17, 15) is 9.59 Å². The fourth-order valence-corrected chi connectivity index (χ4v) is 4.21. The van der Waals surface area contributed by atoms with E-state index in [4.69, 9.17) is 0 Å². The molecule has 2 saturated heterocycles. The van der Waals surface area contributed by atoms with Gasteiger partial charge in [0.15, 0.2) is 6.04 Å². The van der Waals surface area contributed by atoms with E-state index in [0.717, 1.165) is 29.7 Å². The first-order chi connectivity index (χ1) is 12.6. The summed E-state index contributed by atoms with van der Waals surface area (Å²) in [5, 5.41) is 0. The lowest BCUT2D eigenvalue weighted by molar-refractivity contribution is -0.915. The maximum atomic E-state index is 12.9. The number of amides is 2. The number of carbonyl (C=O) groups excluding carboxylic acids is 2. The van der Waals surface area contributed by atoms with E-state index in [2.05, 4.69) is 39.6 Å². The molecule has 2 fully saturated rings. The summed E-state index contributed by atoms with van der Waals surface area (Å²) in [6, 6.07) is 17.7. The smallest absolute Gasteiger partial charge is 0.292 e. The molecule has 2 amide bonds. The van der Waals surface area contributed by atoms with Crippen molar-refractivity contribution in [2.45, 2.75) is 12.5 Å². The number of halogens is 1. The summed E-state index contributed by atoms with van der Waals surface area (Å²) in [4.78, 5) is 30.4. The molecule has 0 unspecified atom stereocenters. The third-order valence-corrected chi connectivity index (χ3v) is 5.97. The van der Waals surface area contributed by atoms with Crippen LogP contribution >= 0.6 is 22.6 Å². The molecule has 1 atom stereocenters. The summed E-state index contributed by atoms with van der Waals surface area (Å²) in [5.41, 5.74) is 1.91. The van der Waals surface area contributed by atoms with Crippen molar-refractivity contribution in [1.82, 2.24) is 0 Å². The topological polar surface area (TPSA) is 45.1 Å². The Morgan fingerprint density at radius 2 is 1.54 bits per heavy atom. The van der Waals surface area contributed by atoms with Crippen LogP contribution in [0.1, 0.15) is 6.42 Å². The fourth-order valence-electron chi connectivity index (χ4n) is 3.85. The number of hydrogen-bond acceptors (Lipinski definition) is 3. The molecule has 0 saturated carbocycles. The quantitative estimate of drug-likeness (QED) is 0.553. The molecule has 2 aromatic rings. The Balaban J connectivity index is 1.44. The van der Waals surface area contributed by atoms with Crippen LogP contribution in [0.2, 0.25) is 0 Å². The van der Waals surface area contributed by atoms with Crippen LogP contribution in [0.4, 0.5) is 11.4 Å². The minimum atomic E-state index is -0.250. The van der Waals surface area contributed by atoms with Crippen LogP contribution in [0.3, 0.4) is 0 Å². The van der Waals surface area contributed by atoms with Gasteiger partial charge in [0.05, 0.1) is 38.3 Å². The maximum Gasteiger partial charge on any atom is 0.292 e. The summed E-state index contributed by atoms with van der Waals surface area (Å²) in [6.07, 6.45) is 0.311. The second-order valence-corrected chi connectivity index (χ2v) is 8.03. The fraction of sp³-hybridized carbons (Fsp3) is 0.300. The van der Waals surface area contributed by atoms with Crippen molar-refractivity contribution in [1.29, 1.82) is 0 Å². The third kappa shape index (κ3) is 3.35. The summed E-state index contributed by atoms with van der Waals surface area (Å²) in [5.74, 6) is -0.140. The largest absolute Gasteiger partial charge is 0.360 e. The molecule has 0 spiro atoms. The highest BCUT2D eigenvalue weighted by Crippen LogP contribution is 2.23. The van der Waals surface area contributed by atoms with Gasteiger partial charge in [-0.3, -0.25) is 9.59 Å². The molecule has 6 heteroatoms. The molecule has 4 rings (SSSR count). The highest BCUT2D eigenvalue weighted by atomic mass is 127. The number of para-hydroxylation sites is 1. The molecule has 2 aliphatic rings. The van der Waals surface area contributed by atoms with Crippen LogP contribution in [0.15, 0.2) is 54.6 Å². The zero-order chi connectivity index (χ0) is 18.1. The first-order valence-electron chi connectivity index (χ1n) is 8.90. The molecule has 0 aliphatic carbocycles. The van der Waals surface area contributed by atoms with Gasteiger partial charge >= 0.3 is 0 Å². The second kappa shape index (κ2) is 7.36. The summed E-state index contributed by atoms with van der Waals surface area (Å²) in [6.45, 7) is 3.56. The Morgan fingerprint density at radius 3 is 2.19 bits per heavy atom. The summed E-state index contributed by atoms with van der Waals surface area (Å²) >= 11 is 2.22. The molecule has 26 heavy (non-hydrogen) atoms. The van der Waals surface area contributed by atoms with Gasteiger partial charge in [-0.2, -0.15) is 0 Å². The molecule has 2 heterocycles. The Bertz CT molecular complexity index is 802.